The number of fused-ring (bicyclic) bond motifs is 3. The fourth-order valence-electron chi connectivity index (χ4n) is 3.08. The molecule has 0 saturated heterocycles. The SMILES string of the molecule is CS(=O)CCNC(=O)CN1N=C(C(C)(C)C)Cn2c(cc3ccccc32)C1=O. The molecule has 150 valence electrons. The Morgan fingerprint density at radius 3 is 2.68 bits per heavy atom. The maximum atomic E-state index is 13.2. The van der Waals surface area contributed by atoms with E-state index in [1.54, 1.807) is 6.26 Å². The lowest BCUT2D eigenvalue weighted by Gasteiger charge is -2.23. The van der Waals surface area contributed by atoms with Crippen molar-refractivity contribution in [2.45, 2.75) is 27.3 Å². The van der Waals surface area contributed by atoms with Crippen molar-refractivity contribution in [1.82, 2.24) is 14.9 Å². The largest absolute Gasteiger partial charge is 0.354 e. The summed E-state index contributed by atoms with van der Waals surface area (Å²) in [4.78, 5) is 25.5. The van der Waals surface area contributed by atoms with Crippen molar-refractivity contribution in [2.75, 3.05) is 25.1 Å². The molecule has 1 aromatic carbocycles. The van der Waals surface area contributed by atoms with Crippen molar-refractivity contribution < 1.29 is 13.8 Å². The van der Waals surface area contributed by atoms with E-state index in [4.69, 9.17) is 0 Å². The summed E-state index contributed by atoms with van der Waals surface area (Å²) >= 11 is 0. The van der Waals surface area contributed by atoms with E-state index >= 15 is 0 Å². The van der Waals surface area contributed by atoms with Crippen molar-refractivity contribution >= 4 is 39.2 Å². The van der Waals surface area contributed by atoms with Crippen molar-refractivity contribution in [3.05, 3.63) is 36.0 Å². The molecule has 1 N–H and O–H groups in total. The fraction of sp³-hybridized carbons (Fsp3) is 0.450. The van der Waals surface area contributed by atoms with E-state index in [-0.39, 0.29) is 23.8 Å². The molecule has 0 bridgehead atoms. The van der Waals surface area contributed by atoms with E-state index in [0.29, 0.717) is 24.5 Å². The molecule has 1 aliphatic rings. The Hall–Kier alpha value is -2.48. The van der Waals surface area contributed by atoms with Crippen molar-refractivity contribution in [3.63, 3.8) is 0 Å². The highest BCUT2D eigenvalue weighted by Gasteiger charge is 2.31. The van der Waals surface area contributed by atoms with E-state index in [0.717, 1.165) is 16.6 Å². The smallest absolute Gasteiger partial charge is 0.291 e. The van der Waals surface area contributed by atoms with Crippen LogP contribution in [0.3, 0.4) is 0 Å². The number of aromatic nitrogens is 1. The number of hydrogen-bond acceptors (Lipinski definition) is 4. The summed E-state index contributed by atoms with van der Waals surface area (Å²) in [6.45, 7) is 6.76. The van der Waals surface area contributed by atoms with Crippen LogP contribution in [0.15, 0.2) is 35.4 Å². The normalized spacial score (nSPS) is 15.8. The maximum Gasteiger partial charge on any atom is 0.291 e. The van der Waals surface area contributed by atoms with Crippen LogP contribution in [0.5, 0.6) is 0 Å². The molecule has 0 spiro atoms. The first-order valence-corrected chi connectivity index (χ1v) is 10.9. The minimum absolute atomic E-state index is 0.170. The van der Waals surface area contributed by atoms with Crippen LogP contribution >= 0.6 is 0 Å². The highest BCUT2D eigenvalue weighted by Crippen LogP contribution is 2.27. The van der Waals surface area contributed by atoms with Gasteiger partial charge in [0.2, 0.25) is 5.91 Å². The Labute approximate surface area is 167 Å². The summed E-state index contributed by atoms with van der Waals surface area (Å²) in [6, 6.07) is 9.69. The molecule has 1 aliphatic heterocycles. The number of carbonyl (C=O) groups excluding carboxylic acids is 2. The lowest BCUT2D eigenvalue weighted by Crippen LogP contribution is -2.39. The van der Waals surface area contributed by atoms with Crippen LogP contribution in [0.1, 0.15) is 31.3 Å². The standard InChI is InChI=1S/C20H26N4O3S/c1-20(2,3)17-12-23-15-8-6-5-7-14(15)11-16(23)19(26)24(22-17)13-18(25)21-9-10-28(4)27/h5-8,11H,9-10,12-13H2,1-4H3,(H,21,25). The molecule has 1 atom stereocenters. The molecule has 3 rings (SSSR count). The molecule has 2 heterocycles. The zero-order valence-corrected chi connectivity index (χ0v) is 17.5. The van der Waals surface area contributed by atoms with Crippen LogP contribution in [0.4, 0.5) is 0 Å². The van der Waals surface area contributed by atoms with Gasteiger partial charge >= 0.3 is 0 Å². The molecule has 7 nitrogen and oxygen atoms in total. The molecular formula is C20H26N4O3S. The van der Waals surface area contributed by atoms with Gasteiger partial charge in [0.25, 0.3) is 5.91 Å². The zero-order chi connectivity index (χ0) is 20.5. The van der Waals surface area contributed by atoms with Gasteiger partial charge in [0.1, 0.15) is 12.2 Å². The Morgan fingerprint density at radius 1 is 1.29 bits per heavy atom. The topological polar surface area (TPSA) is 83.8 Å². The van der Waals surface area contributed by atoms with Crippen LogP contribution in [0.2, 0.25) is 0 Å². The maximum absolute atomic E-state index is 13.2. The monoisotopic (exact) mass is 402 g/mol. The number of carbonyl (C=O) groups is 2. The van der Waals surface area contributed by atoms with Gasteiger partial charge in [-0.1, -0.05) is 39.0 Å². The number of rotatable bonds is 5. The third kappa shape index (κ3) is 4.32. The van der Waals surface area contributed by atoms with Gasteiger partial charge in [-0.3, -0.25) is 13.8 Å². The Balaban J connectivity index is 1.94. The van der Waals surface area contributed by atoms with Gasteiger partial charge in [-0.2, -0.15) is 5.10 Å². The lowest BCUT2D eigenvalue weighted by atomic mass is 9.90. The van der Waals surface area contributed by atoms with E-state index < -0.39 is 10.8 Å². The summed E-state index contributed by atoms with van der Waals surface area (Å²) in [6.07, 6.45) is 1.59. The predicted octanol–water partition coefficient (Wildman–Crippen LogP) is 1.99. The molecule has 28 heavy (non-hydrogen) atoms. The Bertz CT molecular complexity index is 971. The average Bonchev–Trinajstić information content (AvgIpc) is 2.90. The van der Waals surface area contributed by atoms with Gasteiger partial charge in [0.05, 0.1) is 12.3 Å². The third-order valence-corrected chi connectivity index (χ3v) is 5.46. The average molecular weight is 403 g/mol. The van der Waals surface area contributed by atoms with Crippen molar-refractivity contribution in [3.8, 4) is 0 Å². The number of para-hydroxylation sites is 1. The van der Waals surface area contributed by atoms with E-state index in [1.165, 1.54) is 5.01 Å². The van der Waals surface area contributed by atoms with E-state index in [1.807, 2.05) is 55.7 Å². The molecule has 0 aliphatic carbocycles. The highest BCUT2D eigenvalue weighted by atomic mass is 32.2. The predicted molar refractivity (Wildman–Crippen MR) is 112 cm³/mol. The fourth-order valence-corrected chi connectivity index (χ4v) is 3.47. The van der Waals surface area contributed by atoms with E-state index in [2.05, 4.69) is 10.4 Å². The van der Waals surface area contributed by atoms with Gasteiger partial charge in [-0.25, -0.2) is 5.01 Å². The Kier molecular flexibility index (Phi) is 5.69. The van der Waals surface area contributed by atoms with Gasteiger partial charge in [0, 0.05) is 45.7 Å². The minimum Gasteiger partial charge on any atom is -0.354 e. The van der Waals surface area contributed by atoms with Crippen LogP contribution in [0, 0.1) is 5.41 Å². The number of amides is 2. The molecule has 0 radical (unpaired) electrons. The second-order valence-corrected chi connectivity index (χ2v) is 9.52. The summed E-state index contributed by atoms with van der Waals surface area (Å²) < 4.78 is 13.1. The molecule has 2 aromatic rings. The second kappa shape index (κ2) is 7.87. The highest BCUT2D eigenvalue weighted by molar-refractivity contribution is 7.84. The van der Waals surface area contributed by atoms with Gasteiger partial charge < -0.3 is 9.88 Å². The third-order valence-electron chi connectivity index (χ3n) is 4.68. The van der Waals surface area contributed by atoms with E-state index in [9.17, 15) is 13.8 Å². The Morgan fingerprint density at radius 2 is 2.00 bits per heavy atom. The summed E-state index contributed by atoms with van der Waals surface area (Å²) in [7, 11) is -0.981. The van der Waals surface area contributed by atoms with Gasteiger partial charge in [0.15, 0.2) is 0 Å². The zero-order valence-electron chi connectivity index (χ0n) is 16.7. The van der Waals surface area contributed by atoms with Gasteiger partial charge in [-0.05, 0) is 12.1 Å². The van der Waals surface area contributed by atoms with Crippen LogP contribution in [0.25, 0.3) is 10.9 Å². The first-order valence-electron chi connectivity index (χ1n) is 9.21. The second-order valence-electron chi connectivity index (χ2n) is 7.96. The molecule has 2 amide bonds. The summed E-state index contributed by atoms with van der Waals surface area (Å²) in [5, 5.41) is 9.50. The van der Waals surface area contributed by atoms with Crippen LogP contribution < -0.4 is 5.32 Å². The molecule has 0 fully saturated rings. The first kappa shape index (κ1) is 20.3. The summed E-state index contributed by atoms with van der Waals surface area (Å²) in [5.74, 6) is -0.241. The number of hydrazone groups is 1. The van der Waals surface area contributed by atoms with Crippen LogP contribution in [-0.4, -0.2) is 56.4 Å². The molecule has 0 saturated carbocycles. The number of benzene rings is 1. The number of hydrogen-bond donors (Lipinski definition) is 1. The number of nitrogens with one attached hydrogen (secondary N) is 1. The quantitative estimate of drug-likeness (QED) is 0.830. The number of nitrogens with zero attached hydrogens (tertiary/aromatic N) is 3. The van der Waals surface area contributed by atoms with Crippen molar-refractivity contribution in [1.29, 1.82) is 0 Å². The molecule has 8 heteroatoms. The van der Waals surface area contributed by atoms with Gasteiger partial charge in [-0.15, -0.1) is 0 Å². The molecule has 1 unspecified atom stereocenters. The first-order chi connectivity index (χ1) is 13.2. The van der Waals surface area contributed by atoms with Crippen LogP contribution in [-0.2, 0) is 22.1 Å². The molecule has 1 aromatic heterocycles. The minimum atomic E-state index is -0.981. The lowest BCUT2D eigenvalue weighted by molar-refractivity contribution is -0.121. The molecular weight excluding hydrogens is 376 g/mol. The van der Waals surface area contributed by atoms with Crippen molar-refractivity contribution in [2.24, 2.45) is 10.5 Å². The summed E-state index contributed by atoms with van der Waals surface area (Å²) in [5.41, 5.74) is 2.05.